The predicted molar refractivity (Wildman–Crippen MR) is 61.4 cm³/mol. The minimum Gasteiger partial charge on any atom is -0.391 e. The van der Waals surface area contributed by atoms with Gasteiger partial charge in [0, 0.05) is 18.2 Å². The molecule has 1 aliphatic heterocycles. The monoisotopic (exact) mass is 224 g/mol. The summed E-state index contributed by atoms with van der Waals surface area (Å²) in [6.07, 6.45) is 0.610. The second kappa shape index (κ2) is 4.55. The summed E-state index contributed by atoms with van der Waals surface area (Å²) in [6.45, 7) is 8.15. The molecule has 1 saturated heterocycles. The zero-order valence-corrected chi connectivity index (χ0v) is 10.2. The Hall–Kier alpha value is -0.870. The average Bonchev–Trinajstić information content (AvgIpc) is 2.85. The fourth-order valence-corrected chi connectivity index (χ4v) is 2.15. The number of aliphatic hydroxyl groups is 1. The van der Waals surface area contributed by atoms with Crippen molar-refractivity contribution >= 4 is 0 Å². The van der Waals surface area contributed by atoms with Crippen LogP contribution in [0.1, 0.15) is 23.4 Å². The van der Waals surface area contributed by atoms with Crippen LogP contribution < -0.4 is 0 Å². The number of aryl methyl sites for hydroxylation is 1. The summed E-state index contributed by atoms with van der Waals surface area (Å²) in [7, 11) is 0. The molecule has 2 unspecified atom stereocenters. The molecule has 1 aromatic heterocycles. The third-order valence-corrected chi connectivity index (χ3v) is 3.61. The van der Waals surface area contributed by atoms with Gasteiger partial charge in [0.15, 0.2) is 0 Å². The standard InChI is InChI=1S/C12H20N2O2/c1-8-9(2)13-14(10(8)3)6-12(15)11-4-5-16-7-11/h11-12,15H,4-7H2,1-3H3. The van der Waals surface area contributed by atoms with Gasteiger partial charge in [-0.15, -0.1) is 0 Å². The van der Waals surface area contributed by atoms with Gasteiger partial charge in [-0.3, -0.25) is 4.68 Å². The molecule has 0 aliphatic carbocycles. The number of hydrogen-bond acceptors (Lipinski definition) is 3. The molecule has 4 heteroatoms. The Morgan fingerprint density at radius 2 is 2.25 bits per heavy atom. The van der Waals surface area contributed by atoms with Gasteiger partial charge < -0.3 is 9.84 Å². The molecule has 1 aromatic rings. The number of hydrogen-bond donors (Lipinski definition) is 1. The van der Waals surface area contributed by atoms with E-state index in [-0.39, 0.29) is 12.0 Å². The molecule has 1 N–H and O–H groups in total. The Labute approximate surface area is 96.2 Å². The van der Waals surface area contributed by atoms with Crippen LogP contribution in [-0.4, -0.2) is 34.2 Å². The van der Waals surface area contributed by atoms with Gasteiger partial charge in [0.25, 0.3) is 0 Å². The van der Waals surface area contributed by atoms with Crippen molar-refractivity contribution < 1.29 is 9.84 Å². The Balaban J connectivity index is 2.05. The minimum absolute atomic E-state index is 0.268. The maximum atomic E-state index is 10.1. The number of aliphatic hydroxyl groups excluding tert-OH is 1. The number of ether oxygens (including phenoxy) is 1. The van der Waals surface area contributed by atoms with Crippen LogP contribution in [0.15, 0.2) is 0 Å². The normalized spacial score (nSPS) is 22.6. The van der Waals surface area contributed by atoms with E-state index in [1.165, 1.54) is 5.56 Å². The zero-order chi connectivity index (χ0) is 11.7. The van der Waals surface area contributed by atoms with Crippen molar-refractivity contribution in [3.8, 4) is 0 Å². The van der Waals surface area contributed by atoms with Crippen molar-refractivity contribution in [2.45, 2.75) is 39.8 Å². The molecular formula is C12H20N2O2. The lowest BCUT2D eigenvalue weighted by molar-refractivity contribution is 0.0742. The van der Waals surface area contributed by atoms with Crippen LogP contribution in [0.2, 0.25) is 0 Å². The van der Waals surface area contributed by atoms with E-state index >= 15 is 0 Å². The van der Waals surface area contributed by atoms with Crippen LogP contribution in [0.3, 0.4) is 0 Å². The molecule has 2 atom stereocenters. The second-order valence-corrected chi connectivity index (χ2v) is 4.67. The molecule has 1 fully saturated rings. The van der Waals surface area contributed by atoms with Crippen molar-refractivity contribution in [2.24, 2.45) is 5.92 Å². The van der Waals surface area contributed by atoms with E-state index in [4.69, 9.17) is 4.74 Å². The van der Waals surface area contributed by atoms with Gasteiger partial charge in [-0.05, 0) is 32.8 Å². The maximum Gasteiger partial charge on any atom is 0.0787 e. The Bertz CT molecular complexity index is 367. The van der Waals surface area contributed by atoms with Crippen molar-refractivity contribution in [1.82, 2.24) is 9.78 Å². The van der Waals surface area contributed by atoms with Crippen LogP contribution in [0, 0.1) is 26.7 Å². The molecule has 2 rings (SSSR count). The second-order valence-electron chi connectivity index (χ2n) is 4.67. The number of rotatable bonds is 3. The Morgan fingerprint density at radius 3 is 2.75 bits per heavy atom. The molecule has 0 bridgehead atoms. The highest BCUT2D eigenvalue weighted by Crippen LogP contribution is 2.19. The first-order chi connectivity index (χ1) is 7.59. The number of nitrogens with zero attached hydrogens (tertiary/aromatic N) is 2. The third-order valence-electron chi connectivity index (χ3n) is 3.61. The summed E-state index contributed by atoms with van der Waals surface area (Å²) in [5.41, 5.74) is 3.41. The van der Waals surface area contributed by atoms with E-state index in [0.29, 0.717) is 13.2 Å². The summed E-state index contributed by atoms with van der Waals surface area (Å²) in [4.78, 5) is 0. The van der Waals surface area contributed by atoms with Gasteiger partial charge in [-0.1, -0.05) is 0 Å². The van der Waals surface area contributed by atoms with Gasteiger partial charge in [0.2, 0.25) is 0 Å². The molecule has 1 aliphatic rings. The van der Waals surface area contributed by atoms with Gasteiger partial charge >= 0.3 is 0 Å². The van der Waals surface area contributed by atoms with Crippen LogP contribution >= 0.6 is 0 Å². The Kier molecular flexibility index (Phi) is 3.30. The first-order valence-corrected chi connectivity index (χ1v) is 5.86. The van der Waals surface area contributed by atoms with Crippen LogP contribution in [-0.2, 0) is 11.3 Å². The highest BCUT2D eigenvalue weighted by Gasteiger charge is 2.25. The molecule has 0 radical (unpaired) electrons. The molecule has 2 heterocycles. The van der Waals surface area contributed by atoms with E-state index in [0.717, 1.165) is 24.4 Å². The zero-order valence-electron chi connectivity index (χ0n) is 10.2. The smallest absolute Gasteiger partial charge is 0.0787 e. The van der Waals surface area contributed by atoms with E-state index in [2.05, 4.69) is 12.0 Å². The van der Waals surface area contributed by atoms with Crippen molar-refractivity contribution in [1.29, 1.82) is 0 Å². The lowest BCUT2D eigenvalue weighted by Gasteiger charge is -2.17. The van der Waals surface area contributed by atoms with Gasteiger partial charge in [-0.2, -0.15) is 5.10 Å². The fraction of sp³-hybridized carbons (Fsp3) is 0.750. The largest absolute Gasteiger partial charge is 0.391 e. The lowest BCUT2D eigenvalue weighted by atomic mass is 10.0. The van der Waals surface area contributed by atoms with Gasteiger partial charge in [-0.25, -0.2) is 0 Å². The molecule has 90 valence electrons. The summed E-state index contributed by atoms with van der Waals surface area (Å²) >= 11 is 0. The lowest BCUT2D eigenvalue weighted by Crippen LogP contribution is -2.27. The SMILES string of the molecule is Cc1nn(CC(O)C2CCOC2)c(C)c1C. The predicted octanol–water partition coefficient (Wildman–Crippen LogP) is 1.21. The van der Waals surface area contributed by atoms with Crippen molar-refractivity contribution in [3.05, 3.63) is 17.0 Å². The van der Waals surface area contributed by atoms with Crippen LogP contribution in [0.4, 0.5) is 0 Å². The van der Waals surface area contributed by atoms with E-state index < -0.39 is 0 Å². The molecule has 0 saturated carbocycles. The maximum absolute atomic E-state index is 10.1. The van der Waals surface area contributed by atoms with Crippen LogP contribution in [0.25, 0.3) is 0 Å². The highest BCUT2D eigenvalue weighted by atomic mass is 16.5. The summed E-state index contributed by atoms with van der Waals surface area (Å²) in [5, 5.41) is 14.5. The molecular weight excluding hydrogens is 204 g/mol. The first kappa shape index (κ1) is 11.6. The Morgan fingerprint density at radius 1 is 1.50 bits per heavy atom. The third kappa shape index (κ3) is 2.13. The van der Waals surface area contributed by atoms with E-state index in [9.17, 15) is 5.11 Å². The topological polar surface area (TPSA) is 47.3 Å². The molecule has 4 nitrogen and oxygen atoms in total. The summed E-state index contributed by atoms with van der Waals surface area (Å²) in [5.74, 6) is 0.268. The first-order valence-electron chi connectivity index (χ1n) is 5.86. The van der Waals surface area contributed by atoms with E-state index in [1.54, 1.807) is 0 Å². The van der Waals surface area contributed by atoms with E-state index in [1.807, 2.05) is 18.5 Å². The summed E-state index contributed by atoms with van der Waals surface area (Å²) < 4.78 is 7.20. The molecule has 0 spiro atoms. The molecule has 16 heavy (non-hydrogen) atoms. The van der Waals surface area contributed by atoms with Crippen LogP contribution in [0.5, 0.6) is 0 Å². The average molecular weight is 224 g/mol. The van der Waals surface area contributed by atoms with Gasteiger partial charge in [0.05, 0.1) is 24.9 Å². The fourth-order valence-electron chi connectivity index (χ4n) is 2.15. The van der Waals surface area contributed by atoms with Gasteiger partial charge in [0.1, 0.15) is 0 Å². The summed E-state index contributed by atoms with van der Waals surface area (Å²) in [6, 6.07) is 0. The molecule has 0 aromatic carbocycles. The minimum atomic E-state index is -0.347. The quantitative estimate of drug-likeness (QED) is 0.839. The van der Waals surface area contributed by atoms with Crippen molar-refractivity contribution in [3.63, 3.8) is 0 Å². The van der Waals surface area contributed by atoms with Crippen molar-refractivity contribution in [2.75, 3.05) is 13.2 Å². The molecule has 0 amide bonds. The highest BCUT2D eigenvalue weighted by molar-refractivity contribution is 5.22. The number of aromatic nitrogens is 2.